The summed E-state index contributed by atoms with van der Waals surface area (Å²) in [4.78, 5) is 26.2. The van der Waals surface area contributed by atoms with E-state index in [-0.39, 0.29) is 17.4 Å². The second-order valence-corrected chi connectivity index (χ2v) is 8.91. The number of nitrogens with one attached hydrogen (secondary N) is 2. The maximum atomic E-state index is 13.2. The molecule has 3 aromatic rings. The van der Waals surface area contributed by atoms with Crippen LogP contribution in [0.15, 0.2) is 60.7 Å². The predicted molar refractivity (Wildman–Crippen MR) is 125 cm³/mol. The molecule has 6 nitrogen and oxygen atoms in total. The zero-order chi connectivity index (χ0) is 25.8. The van der Waals surface area contributed by atoms with Crippen LogP contribution in [-0.2, 0) is 11.7 Å². The smallest absolute Gasteiger partial charge is 0.416 e. The Morgan fingerprint density at radius 2 is 1.69 bits per heavy atom. The fraction of sp³-hybridized carbons (Fsp3) is 0.259. The number of carbonyl (C=O) groups is 2. The van der Waals surface area contributed by atoms with E-state index in [1.807, 2.05) is 25.1 Å². The summed E-state index contributed by atoms with van der Waals surface area (Å²) in [6, 6.07) is 14.2. The summed E-state index contributed by atoms with van der Waals surface area (Å²) >= 11 is 0. The molecule has 1 spiro atoms. The third-order valence-corrected chi connectivity index (χ3v) is 7.16. The molecule has 5 rings (SSSR count). The molecule has 186 valence electrons. The molecule has 0 aromatic heterocycles. The monoisotopic (exact) mass is 496 g/mol. The number of ether oxygens (including phenoxy) is 2. The summed E-state index contributed by atoms with van der Waals surface area (Å²) in [5.41, 5.74) is 0.975. The molecule has 2 aliphatic rings. The Morgan fingerprint density at radius 3 is 2.33 bits per heavy atom. The van der Waals surface area contributed by atoms with Gasteiger partial charge < -0.3 is 20.1 Å². The first-order valence-electron chi connectivity index (χ1n) is 11.3. The molecule has 0 radical (unpaired) electrons. The average Bonchev–Trinajstić information content (AvgIpc) is 3.30. The molecular weight excluding hydrogens is 473 g/mol. The van der Waals surface area contributed by atoms with Gasteiger partial charge in [0.05, 0.1) is 31.4 Å². The van der Waals surface area contributed by atoms with Crippen LogP contribution in [0.25, 0.3) is 0 Å². The molecule has 0 saturated heterocycles. The molecule has 1 heterocycles. The van der Waals surface area contributed by atoms with Crippen molar-refractivity contribution in [3.05, 3.63) is 94.0 Å². The maximum Gasteiger partial charge on any atom is 0.416 e. The Bertz CT molecular complexity index is 1370. The lowest BCUT2D eigenvalue weighted by molar-refractivity contribution is -0.137. The van der Waals surface area contributed by atoms with Gasteiger partial charge in [-0.3, -0.25) is 9.59 Å². The first kappa shape index (κ1) is 23.7. The van der Waals surface area contributed by atoms with Gasteiger partial charge in [-0.05, 0) is 47.5 Å². The minimum atomic E-state index is -4.50. The van der Waals surface area contributed by atoms with Crippen molar-refractivity contribution in [1.29, 1.82) is 0 Å². The molecule has 0 unspecified atom stereocenters. The van der Waals surface area contributed by atoms with Gasteiger partial charge in [-0.25, -0.2) is 0 Å². The zero-order valence-corrected chi connectivity index (χ0v) is 19.7. The van der Waals surface area contributed by atoms with Crippen molar-refractivity contribution in [3.63, 3.8) is 0 Å². The second kappa shape index (κ2) is 8.29. The largest absolute Gasteiger partial charge is 0.497 e. The van der Waals surface area contributed by atoms with E-state index in [1.165, 1.54) is 14.2 Å². The van der Waals surface area contributed by atoms with E-state index in [0.717, 1.165) is 35.4 Å². The lowest BCUT2D eigenvalue weighted by atomic mass is 9.78. The minimum absolute atomic E-state index is 0.0843. The van der Waals surface area contributed by atoms with Gasteiger partial charge in [0.2, 0.25) is 0 Å². The van der Waals surface area contributed by atoms with E-state index >= 15 is 0 Å². The molecule has 36 heavy (non-hydrogen) atoms. The van der Waals surface area contributed by atoms with Crippen LogP contribution < -0.4 is 20.1 Å². The number of methoxy groups -OCH3 is 2. The number of fused-ring (bicyclic) bond motifs is 4. The molecule has 1 aliphatic carbocycles. The predicted octanol–water partition coefficient (Wildman–Crippen LogP) is 4.83. The van der Waals surface area contributed by atoms with E-state index in [0.29, 0.717) is 22.6 Å². The highest BCUT2D eigenvalue weighted by atomic mass is 19.4. The van der Waals surface area contributed by atoms with Crippen molar-refractivity contribution >= 4 is 11.8 Å². The Hall–Kier alpha value is -4.01. The van der Waals surface area contributed by atoms with Crippen molar-refractivity contribution in [2.24, 2.45) is 5.92 Å². The maximum absolute atomic E-state index is 13.2. The van der Waals surface area contributed by atoms with Gasteiger partial charge in [-0.2, -0.15) is 13.2 Å². The summed E-state index contributed by atoms with van der Waals surface area (Å²) in [5, 5.41) is 6.12. The first-order chi connectivity index (χ1) is 17.1. The van der Waals surface area contributed by atoms with Crippen molar-refractivity contribution in [1.82, 2.24) is 10.6 Å². The average molecular weight is 496 g/mol. The van der Waals surface area contributed by atoms with E-state index in [2.05, 4.69) is 10.6 Å². The van der Waals surface area contributed by atoms with Gasteiger partial charge in [0.25, 0.3) is 11.8 Å². The summed E-state index contributed by atoms with van der Waals surface area (Å²) in [6.45, 7) is 1.91. The molecule has 1 aliphatic heterocycles. The number of rotatable bonds is 4. The van der Waals surface area contributed by atoms with Gasteiger partial charge in [0.15, 0.2) is 0 Å². The minimum Gasteiger partial charge on any atom is -0.497 e. The standard InChI is InChI=1S/C27H23F3N2O4/c1-14-23(31-24(33)15-8-10-16(11-9-15)27(28,29)30)22-20(12-17(35-2)13-21(22)36-3)26(14)19-7-5-4-6-18(19)25(34)32-26/h4-14,23H,1-3H3,(H,31,33)(H,32,34)/t14-,23-,26+/m1/s1. The van der Waals surface area contributed by atoms with E-state index < -0.39 is 29.2 Å². The van der Waals surface area contributed by atoms with Gasteiger partial charge in [-0.15, -0.1) is 0 Å². The zero-order valence-electron chi connectivity index (χ0n) is 19.7. The fourth-order valence-electron chi connectivity index (χ4n) is 5.42. The van der Waals surface area contributed by atoms with Crippen molar-refractivity contribution < 1.29 is 32.2 Å². The summed E-state index contributed by atoms with van der Waals surface area (Å²) in [7, 11) is 3.03. The molecule has 3 aromatic carbocycles. The van der Waals surface area contributed by atoms with Crippen molar-refractivity contribution in [2.45, 2.75) is 24.7 Å². The highest BCUT2D eigenvalue weighted by Gasteiger charge is 2.58. The van der Waals surface area contributed by atoms with Crippen LogP contribution >= 0.6 is 0 Å². The summed E-state index contributed by atoms with van der Waals surface area (Å²) < 4.78 is 50.1. The molecule has 2 amide bonds. The van der Waals surface area contributed by atoms with E-state index in [4.69, 9.17) is 9.47 Å². The van der Waals surface area contributed by atoms with Gasteiger partial charge in [-0.1, -0.05) is 25.1 Å². The normalized spacial score (nSPS) is 22.1. The first-order valence-corrected chi connectivity index (χ1v) is 11.3. The van der Waals surface area contributed by atoms with Crippen molar-refractivity contribution in [2.75, 3.05) is 14.2 Å². The lowest BCUT2D eigenvalue weighted by Gasteiger charge is -2.33. The molecule has 2 N–H and O–H groups in total. The number of hydrogen-bond donors (Lipinski definition) is 2. The van der Waals surface area contributed by atoms with Crippen LogP contribution in [0.2, 0.25) is 0 Å². The van der Waals surface area contributed by atoms with Crippen LogP contribution in [-0.4, -0.2) is 26.0 Å². The molecule has 0 bridgehead atoms. The Labute approximate surface area is 205 Å². The Balaban J connectivity index is 1.62. The lowest BCUT2D eigenvalue weighted by Crippen LogP contribution is -2.46. The van der Waals surface area contributed by atoms with Crippen LogP contribution in [0.4, 0.5) is 13.2 Å². The molecule has 0 fully saturated rings. The summed E-state index contributed by atoms with van der Waals surface area (Å²) in [6.07, 6.45) is -4.50. The SMILES string of the molecule is COc1cc(OC)c2c(c1)[C@]1(NC(=O)c3ccccc31)[C@H](C)[C@H]2NC(=O)c1ccc(C(F)(F)F)cc1. The number of hydrogen-bond acceptors (Lipinski definition) is 4. The number of benzene rings is 3. The van der Waals surface area contributed by atoms with Gasteiger partial charge in [0.1, 0.15) is 11.5 Å². The van der Waals surface area contributed by atoms with Crippen LogP contribution in [0.1, 0.15) is 55.9 Å². The van der Waals surface area contributed by atoms with Gasteiger partial charge in [0, 0.05) is 28.7 Å². The Morgan fingerprint density at radius 1 is 1.00 bits per heavy atom. The topological polar surface area (TPSA) is 76.7 Å². The van der Waals surface area contributed by atoms with Gasteiger partial charge >= 0.3 is 6.18 Å². The van der Waals surface area contributed by atoms with Crippen LogP contribution in [0.3, 0.4) is 0 Å². The summed E-state index contributed by atoms with van der Waals surface area (Å²) in [5.74, 6) is -0.173. The third-order valence-electron chi connectivity index (χ3n) is 7.16. The fourth-order valence-corrected chi connectivity index (χ4v) is 5.42. The molecule has 9 heteroatoms. The number of amides is 2. The molecule has 0 saturated carbocycles. The number of halogens is 3. The van der Waals surface area contributed by atoms with E-state index in [9.17, 15) is 22.8 Å². The molecule has 3 atom stereocenters. The van der Waals surface area contributed by atoms with Crippen molar-refractivity contribution in [3.8, 4) is 11.5 Å². The van der Waals surface area contributed by atoms with Crippen LogP contribution in [0, 0.1) is 5.92 Å². The highest BCUT2D eigenvalue weighted by Crippen LogP contribution is 2.57. The second-order valence-electron chi connectivity index (χ2n) is 8.91. The van der Waals surface area contributed by atoms with Crippen LogP contribution in [0.5, 0.6) is 11.5 Å². The number of carbonyl (C=O) groups excluding carboxylic acids is 2. The quantitative estimate of drug-likeness (QED) is 0.543. The van der Waals surface area contributed by atoms with E-state index in [1.54, 1.807) is 18.2 Å². The Kier molecular flexibility index (Phi) is 5.46. The highest BCUT2D eigenvalue weighted by molar-refractivity contribution is 6.01. The molecular formula is C27H23F3N2O4. The third kappa shape index (κ3) is 3.41. The number of alkyl halides is 3.